The van der Waals surface area contributed by atoms with Crippen LogP contribution >= 0.6 is 0 Å². The molecule has 4 rings (SSSR count). The summed E-state index contributed by atoms with van der Waals surface area (Å²) in [5.41, 5.74) is 0.697. The fraction of sp³-hybridized carbons (Fsp3) is 0.250. The van der Waals surface area contributed by atoms with Gasteiger partial charge >= 0.3 is 5.97 Å². The number of furan rings is 1. The number of carbonyl (C=O) groups excluding carboxylic acids is 1. The molecule has 2 heterocycles. The van der Waals surface area contributed by atoms with E-state index in [2.05, 4.69) is 0 Å². The number of carbonyl (C=O) groups is 2. The molecular formula is C16H13NO4. The van der Waals surface area contributed by atoms with Gasteiger partial charge in [-0.1, -0.05) is 30.4 Å². The second-order valence-corrected chi connectivity index (χ2v) is 5.46. The number of amides is 1. The molecule has 1 saturated heterocycles. The van der Waals surface area contributed by atoms with Gasteiger partial charge in [-0.15, -0.1) is 0 Å². The number of aromatic carboxylic acids is 1. The minimum absolute atomic E-state index is 0.0485. The van der Waals surface area contributed by atoms with Crippen LogP contribution in [0.4, 0.5) is 0 Å². The van der Waals surface area contributed by atoms with Gasteiger partial charge in [0.2, 0.25) is 5.91 Å². The first-order valence-corrected chi connectivity index (χ1v) is 6.87. The zero-order chi connectivity index (χ0) is 14.6. The molecular weight excluding hydrogens is 270 g/mol. The van der Waals surface area contributed by atoms with Crippen LogP contribution < -0.4 is 0 Å². The predicted molar refractivity (Wildman–Crippen MR) is 74.8 cm³/mol. The Morgan fingerprint density at radius 2 is 2.14 bits per heavy atom. The second-order valence-electron chi connectivity index (χ2n) is 5.46. The number of nitrogens with zero attached hydrogens (tertiary/aromatic N) is 1. The average Bonchev–Trinajstić information content (AvgIpc) is 3.13. The van der Waals surface area contributed by atoms with Crippen LogP contribution in [0.25, 0.3) is 11.0 Å². The van der Waals surface area contributed by atoms with Gasteiger partial charge < -0.3 is 14.4 Å². The van der Waals surface area contributed by atoms with Crippen molar-refractivity contribution in [1.82, 2.24) is 4.90 Å². The maximum atomic E-state index is 12.2. The number of carboxylic acids is 1. The molecule has 2 atom stereocenters. The Kier molecular flexibility index (Phi) is 2.45. The van der Waals surface area contributed by atoms with Crippen LogP contribution in [0.3, 0.4) is 0 Å². The van der Waals surface area contributed by atoms with Crippen molar-refractivity contribution in [3.63, 3.8) is 0 Å². The van der Waals surface area contributed by atoms with Crippen LogP contribution in [0.5, 0.6) is 0 Å². The van der Waals surface area contributed by atoms with Crippen molar-refractivity contribution >= 4 is 22.8 Å². The monoisotopic (exact) mass is 283 g/mol. The number of carboxylic acid groups (broad SMARTS) is 1. The molecule has 2 aromatic rings. The number of hydrogen-bond donors (Lipinski definition) is 1. The Balaban J connectivity index is 1.77. The van der Waals surface area contributed by atoms with E-state index in [1.165, 1.54) is 0 Å². The van der Waals surface area contributed by atoms with E-state index in [0.717, 1.165) is 6.42 Å². The van der Waals surface area contributed by atoms with E-state index in [1.54, 1.807) is 29.2 Å². The topological polar surface area (TPSA) is 70.8 Å². The summed E-state index contributed by atoms with van der Waals surface area (Å²) >= 11 is 0. The summed E-state index contributed by atoms with van der Waals surface area (Å²) < 4.78 is 5.68. The van der Waals surface area contributed by atoms with Gasteiger partial charge in [-0.2, -0.15) is 0 Å². The lowest BCUT2D eigenvalue weighted by Crippen LogP contribution is -2.34. The normalized spacial score (nSPS) is 23.4. The fourth-order valence-corrected chi connectivity index (χ4v) is 3.26. The molecule has 1 amide bonds. The van der Waals surface area contributed by atoms with Gasteiger partial charge in [0.15, 0.2) is 0 Å². The van der Waals surface area contributed by atoms with Crippen molar-refractivity contribution in [3.05, 3.63) is 47.7 Å². The zero-order valence-corrected chi connectivity index (χ0v) is 11.2. The average molecular weight is 283 g/mol. The van der Waals surface area contributed by atoms with Crippen LogP contribution in [0.2, 0.25) is 0 Å². The third-order valence-corrected chi connectivity index (χ3v) is 4.26. The molecule has 0 saturated carbocycles. The molecule has 5 nitrogen and oxygen atoms in total. The highest BCUT2D eigenvalue weighted by molar-refractivity contribution is 6.03. The van der Waals surface area contributed by atoms with E-state index < -0.39 is 5.97 Å². The van der Waals surface area contributed by atoms with Gasteiger partial charge in [0.1, 0.15) is 16.9 Å². The highest BCUT2D eigenvalue weighted by atomic mass is 16.4. The number of fused-ring (bicyclic) bond motifs is 3. The third-order valence-electron chi connectivity index (χ3n) is 4.26. The minimum Gasteiger partial charge on any atom is -0.478 e. The Morgan fingerprint density at radius 1 is 1.33 bits per heavy atom. The number of hydrogen-bond acceptors (Lipinski definition) is 3. The maximum Gasteiger partial charge on any atom is 0.339 e. The molecule has 2 bridgehead atoms. The van der Waals surface area contributed by atoms with Crippen LogP contribution in [0, 0.1) is 5.92 Å². The Bertz CT molecular complexity index is 789. The summed E-state index contributed by atoms with van der Waals surface area (Å²) in [4.78, 5) is 25.4. The summed E-state index contributed by atoms with van der Waals surface area (Å²) in [5, 5.41) is 10.0. The first kappa shape index (κ1) is 12.2. The van der Waals surface area contributed by atoms with Crippen LogP contribution in [0.1, 0.15) is 22.5 Å². The van der Waals surface area contributed by atoms with Gasteiger partial charge in [0.05, 0.1) is 18.5 Å². The van der Waals surface area contributed by atoms with Crippen LogP contribution in [-0.2, 0) is 11.3 Å². The predicted octanol–water partition coefficient (Wildman–Crippen LogP) is 2.42. The highest BCUT2D eigenvalue weighted by Gasteiger charge is 2.41. The number of likely N-dealkylation sites (tertiary alicyclic amines) is 1. The molecule has 2 unspecified atom stereocenters. The van der Waals surface area contributed by atoms with E-state index in [9.17, 15) is 14.7 Å². The number of rotatable bonds is 3. The molecule has 0 radical (unpaired) electrons. The molecule has 21 heavy (non-hydrogen) atoms. The Hall–Kier alpha value is -2.56. The van der Waals surface area contributed by atoms with Gasteiger partial charge in [-0.25, -0.2) is 4.79 Å². The number of benzene rings is 1. The smallest absolute Gasteiger partial charge is 0.339 e. The van der Waals surface area contributed by atoms with Crippen molar-refractivity contribution in [3.8, 4) is 0 Å². The summed E-state index contributed by atoms with van der Waals surface area (Å²) in [7, 11) is 0. The van der Waals surface area contributed by atoms with E-state index >= 15 is 0 Å². The fourth-order valence-electron chi connectivity index (χ4n) is 3.26. The molecule has 1 fully saturated rings. The Morgan fingerprint density at radius 3 is 2.86 bits per heavy atom. The van der Waals surface area contributed by atoms with E-state index in [0.29, 0.717) is 16.7 Å². The molecule has 2 aliphatic rings. The van der Waals surface area contributed by atoms with Crippen molar-refractivity contribution in [1.29, 1.82) is 0 Å². The molecule has 0 spiro atoms. The van der Waals surface area contributed by atoms with Gasteiger partial charge in [0.25, 0.3) is 0 Å². The van der Waals surface area contributed by atoms with Gasteiger partial charge in [-0.05, 0) is 12.5 Å². The van der Waals surface area contributed by atoms with Gasteiger partial charge in [-0.3, -0.25) is 4.79 Å². The highest BCUT2D eigenvalue weighted by Crippen LogP contribution is 2.35. The zero-order valence-electron chi connectivity index (χ0n) is 11.2. The quantitative estimate of drug-likeness (QED) is 0.878. The van der Waals surface area contributed by atoms with Crippen LogP contribution in [0.15, 0.2) is 40.8 Å². The van der Waals surface area contributed by atoms with Crippen molar-refractivity contribution < 1.29 is 19.1 Å². The largest absolute Gasteiger partial charge is 0.478 e. The lowest BCUT2D eigenvalue weighted by atomic mass is 10.1. The maximum absolute atomic E-state index is 12.2. The molecule has 1 aliphatic heterocycles. The van der Waals surface area contributed by atoms with E-state index in [-0.39, 0.29) is 30.0 Å². The SMILES string of the molecule is O=C(O)c1c(CN2C(=O)C3C=CC2C3)oc2ccccc12. The first-order chi connectivity index (χ1) is 10.1. The first-order valence-electron chi connectivity index (χ1n) is 6.87. The third kappa shape index (κ3) is 1.70. The lowest BCUT2D eigenvalue weighted by Gasteiger charge is -2.23. The summed E-state index contributed by atoms with van der Waals surface area (Å²) in [6.07, 6.45) is 4.73. The minimum atomic E-state index is -1.03. The summed E-state index contributed by atoms with van der Waals surface area (Å²) in [6.45, 7) is 0.209. The molecule has 5 heteroatoms. The standard InChI is InChI=1S/C16H13NO4/c18-15-9-5-6-10(7-9)17(15)8-13-14(16(19)20)11-3-1-2-4-12(11)21-13/h1-6,9-10H,7-8H2,(H,19,20). The van der Waals surface area contributed by atoms with Crippen molar-refractivity contribution in [2.24, 2.45) is 5.92 Å². The van der Waals surface area contributed by atoms with Gasteiger partial charge in [0, 0.05) is 5.39 Å². The lowest BCUT2D eigenvalue weighted by molar-refractivity contribution is -0.131. The summed E-state index contributed by atoms with van der Waals surface area (Å²) in [6, 6.07) is 7.11. The second kappa shape index (κ2) is 4.22. The molecule has 1 aromatic heterocycles. The Labute approximate surface area is 120 Å². The van der Waals surface area contributed by atoms with E-state index in [1.807, 2.05) is 12.2 Å². The molecule has 1 N–H and O–H groups in total. The van der Waals surface area contributed by atoms with Crippen molar-refractivity contribution in [2.75, 3.05) is 0 Å². The van der Waals surface area contributed by atoms with Crippen LogP contribution in [-0.4, -0.2) is 27.9 Å². The molecule has 1 aromatic carbocycles. The number of para-hydroxylation sites is 1. The molecule has 1 aliphatic carbocycles. The molecule has 106 valence electrons. The summed E-state index contributed by atoms with van der Waals surface area (Å²) in [5.74, 6) is -0.674. The van der Waals surface area contributed by atoms with E-state index in [4.69, 9.17) is 4.42 Å². The van der Waals surface area contributed by atoms with Crippen molar-refractivity contribution in [2.45, 2.75) is 19.0 Å².